The maximum absolute atomic E-state index is 12.0. The van der Waals surface area contributed by atoms with Gasteiger partial charge in [0, 0.05) is 0 Å². The van der Waals surface area contributed by atoms with E-state index in [4.69, 9.17) is 9.15 Å². The first-order valence-electron chi connectivity index (χ1n) is 9.87. The summed E-state index contributed by atoms with van der Waals surface area (Å²) < 4.78 is 11.2. The molecule has 5 rings (SSSR count). The predicted octanol–water partition coefficient (Wildman–Crippen LogP) is 6.35. The molecular weight excluding hydrogens is 372 g/mol. The molecule has 0 unspecified atom stereocenters. The number of rotatable bonds is 4. The average Bonchev–Trinajstić information content (AvgIpc) is 2.81. The molecule has 0 aliphatic rings. The van der Waals surface area contributed by atoms with E-state index in [0.29, 0.717) is 35.2 Å². The van der Waals surface area contributed by atoms with Crippen LogP contribution in [-0.2, 0) is 18.0 Å². The highest BCUT2D eigenvalue weighted by molar-refractivity contribution is 5.89. The van der Waals surface area contributed by atoms with E-state index in [1.807, 2.05) is 72.8 Å². The summed E-state index contributed by atoms with van der Waals surface area (Å²) in [7, 11) is 0. The molecule has 0 aliphatic carbocycles. The van der Waals surface area contributed by atoms with E-state index in [2.05, 4.69) is 24.3 Å². The van der Waals surface area contributed by atoms with Gasteiger partial charge in [0.05, 0.1) is 24.0 Å². The Labute approximate surface area is 175 Å². The predicted molar refractivity (Wildman–Crippen MR) is 121 cm³/mol. The Balaban J connectivity index is 0.000000145. The van der Waals surface area contributed by atoms with Gasteiger partial charge in [-0.05, 0) is 35.4 Å². The van der Waals surface area contributed by atoms with Crippen LogP contribution in [0.4, 0.5) is 0 Å². The topological polar surface area (TPSA) is 39.4 Å². The smallest absolute Gasteiger partial charge is 0.200 e. The molecule has 0 aliphatic heterocycles. The van der Waals surface area contributed by atoms with Gasteiger partial charge in [0.2, 0.25) is 5.43 Å². The largest absolute Gasteiger partial charge is 0.456 e. The van der Waals surface area contributed by atoms with E-state index in [-0.39, 0.29) is 5.43 Å². The van der Waals surface area contributed by atoms with Crippen molar-refractivity contribution in [1.29, 1.82) is 0 Å². The summed E-state index contributed by atoms with van der Waals surface area (Å²) in [6.45, 7) is 1.35. The third kappa shape index (κ3) is 4.83. The van der Waals surface area contributed by atoms with Gasteiger partial charge in [0.1, 0.15) is 11.2 Å². The van der Waals surface area contributed by atoms with Crippen molar-refractivity contribution in [2.45, 2.75) is 13.2 Å². The molecule has 0 atom stereocenters. The van der Waals surface area contributed by atoms with Crippen molar-refractivity contribution in [1.82, 2.24) is 0 Å². The molecule has 0 fully saturated rings. The van der Waals surface area contributed by atoms with Gasteiger partial charge < -0.3 is 9.15 Å². The second kappa shape index (κ2) is 9.68. The van der Waals surface area contributed by atoms with Crippen molar-refractivity contribution in [3.8, 4) is 0 Å². The van der Waals surface area contributed by atoms with Crippen LogP contribution in [0.1, 0.15) is 11.1 Å². The van der Waals surface area contributed by atoms with Gasteiger partial charge >= 0.3 is 0 Å². The molecule has 0 saturated heterocycles. The summed E-state index contributed by atoms with van der Waals surface area (Å²) in [4.78, 5) is 12.0. The Morgan fingerprint density at radius 1 is 0.533 bits per heavy atom. The molecule has 1 heterocycles. The number of benzene rings is 4. The molecule has 3 heteroatoms. The number of hydrogen-bond donors (Lipinski definition) is 0. The zero-order valence-corrected chi connectivity index (χ0v) is 16.5. The summed E-state index contributed by atoms with van der Waals surface area (Å²) in [5.41, 5.74) is 3.75. The highest BCUT2D eigenvalue weighted by atomic mass is 16.5. The molecule has 5 aromatic rings. The average molecular weight is 394 g/mol. The molecule has 148 valence electrons. The zero-order chi connectivity index (χ0) is 20.6. The van der Waals surface area contributed by atoms with Gasteiger partial charge in [-0.15, -0.1) is 0 Å². The first kappa shape index (κ1) is 19.6. The van der Waals surface area contributed by atoms with Crippen molar-refractivity contribution < 1.29 is 9.15 Å². The fourth-order valence-corrected chi connectivity index (χ4v) is 3.19. The lowest BCUT2D eigenvalue weighted by Gasteiger charge is -2.03. The number of hydrogen-bond acceptors (Lipinski definition) is 3. The highest BCUT2D eigenvalue weighted by Gasteiger charge is 2.05. The Bertz CT molecular complexity index is 1180. The minimum absolute atomic E-state index is 0.0347. The van der Waals surface area contributed by atoms with Crippen LogP contribution in [0.2, 0.25) is 0 Å². The van der Waals surface area contributed by atoms with E-state index in [1.165, 1.54) is 11.1 Å². The fraction of sp³-hybridized carbons (Fsp3) is 0.0741. The van der Waals surface area contributed by atoms with Gasteiger partial charge in [-0.2, -0.15) is 0 Å². The van der Waals surface area contributed by atoms with Crippen LogP contribution in [0.15, 0.2) is 118 Å². The Morgan fingerprint density at radius 2 is 0.933 bits per heavy atom. The Kier molecular flexibility index (Phi) is 6.33. The Morgan fingerprint density at radius 3 is 1.40 bits per heavy atom. The Hall–Kier alpha value is -3.69. The van der Waals surface area contributed by atoms with Crippen LogP contribution in [0.5, 0.6) is 0 Å². The first-order chi connectivity index (χ1) is 14.8. The fourth-order valence-electron chi connectivity index (χ4n) is 3.19. The molecule has 0 bridgehead atoms. The van der Waals surface area contributed by atoms with E-state index < -0.39 is 0 Å². The van der Waals surface area contributed by atoms with E-state index >= 15 is 0 Å². The van der Waals surface area contributed by atoms with Crippen LogP contribution in [0, 0.1) is 0 Å². The summed E-state index contributed by atoms with van der Waals surface area (Å²) in [6, 6.07) is 35.0. The molecule has 0 N–H and O–H groups in total. The first-order valence-corrected chi connectivity index (χ1v) is 9.87. The highest BCUT2D eigenvalue weighted by Crippen LogP contribution is 2.17. The minimum atomic E-state index is 0.0347. The quantitative estimate of drug-likeness (QED) is 0.333. The monoisotopic (exact) mass is 394 g/mol. The van der Waals surface area contributed by atoms with Gasteiger partial charge in [-0.25, -0.2) is 0 Å². The summed E-state index contributed by atoms with van der Waals surface area (Å²) in [6.07, 6.45) is 0. The maximum atomic E-state index is 12.0. The minimum Gasteiger partial charge on any atom is -0.456 e. The molecule has 0 amide bonds. The molecule has 1 aromatic heterocycles. The van der Waals surface area contributed by atoms with Gasteiger partial charge in [0.25, 0.3) is 0 Å². The van der Waals surface area contributed by atoms with Gasteiger partial charge in [-0.3, -0.25) is 4.79 Å². The third-order valence-electron chi connectivity index (χ3n) is 4.71. The van der Waals surface area contributed by atoms with Crippen LogP contribution in [0.25, 0.3) is 21.9 Å². The third-order valence-corrected chi connectivity index (χ3v) is 4.71. The van der Waals surface area contributed by atoms with Crippen LogP contribution in [-0.4, -0.2) is 0 Å². The van der Waals surface area contributed by atoms with Crippen molar-refractivity contribution in [2.75, 3.05) is 0 Å². The number of para-hydroxylation sites is 2. The second-order valence-corrected chi connectivity index (χ2v) is 6.89. The summed E-state index contributed by atoms with van der Waals surface area (Å²) in [5, 5.41) is 1.27. The van der Waals surface area contributed by atoms with Crippen molar-refractivity contribution in [3.63, 3.8) is 0 Å². The normalized spacial score (nSPS) is 10.5. The van der Waals surface area contributed by atoms with Gasteiger partial charge in [0.15, 0.2) is 0 Å². The van der Waals surface area contributed by atoms with Crippen molar-refractivity contribution in [2.24, 2.45) is 0 Å². The molecule has 3 nitrogen and oxygen atoms in total. The standard InChI is InChI=1S/C14H14O.C13H8O2/c1-3-7-13(8-4-1)11-15-12-14-9-5-2-6-10-14;14-13-9-5-1-3-7-11(9)15-12-8-4-2-6-10(12)13/h1-10H,11-12H2;1-8H. The second-order valence-electron chi connectivity index (χ2n) is 6.89. The summed E-state index contributed by atoms with van der Waals surface area (Å²) >= 11 is 0. The molecular formula is C27H22O3. The molecule has 30 heavy (non-hydrogen) atoms. The van der Waals surface area contributed by atoms with Crippen LogP contribution >= 0.6 is 0 Å². The van der Waals surface area contributed by atoms with E-state index in [9.17, 15) is 4.79 Å². The molecule has 0 radical (unpaired) electrons. The lowest BCUT2D eigenvalue weighted by atomic mass is 10.1. The maximum Gasteiger partial charge on any atom is 0.200 e. The number of fused-ring (bicyclic) bond motifs is 2. The van der Waals surface area contributed by atoms with Crippen LogP contribution in [0.3, 0.4) is 0 Å². The zero-order valence-electron chi connectivity index (χ0n) is 16.5. The molecule has 0 spiro atoms. The number of ether oxygens (including phenoxy) is 1. The van der Waals surface area contributed by atoms with E-state index in [0.717, 1.165) is 0 Å². The van der Waals surface area contributed by atoms with E-state index in [1.54, 1.807) is 12.1 Å². The van der Waals surface area contributed by atoms with Gasteiger partial charge in [-0.1, -0.05) is 84.9 Å². The molecule has 4 aromatic carbocycles. The lowest BCUT2D eigenvalue weighted by molar-refractivity contribution is 0.107. The lowest BCUT2D eigenvalue weighted by Crippen LogP contribution is -2.01. The van der Waals surface area contributed by atoms with Crippen molar-refractivity contribution >= 4 is 21.9 Å². The summed E-state index contributed by atoms with van der Waals surface area (Å²) in [5.74, 6) is 0. The SMILES string of the molecule is O=c1c2ccccc2oc2ccccc12.c1ccc(COCc2ccccc2)cc1. The van der Waals surface area contributed by atoms with Crippen molar-refractivity contribution in [3.05, 3.63) is 131 Å². The molecule has 0 saturated carbocycles. The van der Waals surface area contributed by atoms with Crippen LogP contribution < -0.4 is 5.43 Å².